The third-order valence-electron chi connectivity index (χ3n) is 3.03. The van der Waals surface area contributed by atoms with Crippen molar-refractivity contribution in [3.63, 3.8) is 0 Å². The van der Waals surface area contributed by atoms with Crippen LogP contribution >= 0.6 is 11.6 Å². The molecule has 0 aromatic heterocycles. The highest BCUT2D eigenvalue weighted by Gasteiger charge is 2.42. The zero-order chi connectivity index (χ0) is 14.9. The van der Waals surface area contributed by atoms with Crippen molar-refractivity contribution in [3.8, 4) is 0 Å². The first-order valence-electron chi connectivity index (χ1n) is 6.79. The lowest BCUT2D eigenvalue weighted by atomic mass is 9.75. The number of rotatable bonds is 9. The van der Waals surface area contributed by atoms with E-state index in [2.05, 4.69) is 0 Å². The van der Waals surface area contributed by atoms with E-state index in [4.69, 9.17) is 21.1 Å². The van der Waals surface area contributed by atoms with Crippen molar-refractivity contribution in [1.29, 1.82) is 0 Å². The van der Waals surface area contributed by atoms with Gasteiger partial charge in [-0.05, 0) is 32.1 Å². The summed E-state index contributed by atoms with van der Waals surface area (Å²) in [5, 5.41) is 0. The standard InChI is InChI=1S/C14H25ClO4/c1-5-18-12(16)11(13(17)19-6-2)14(3,4)9-7-8-10-15/h11H,5-10H2,1-4H3. The number of hydrogen-bond donors (Lipinski definition) is 0. The molecule has 0 saturated carbocycles. The van der Waals surface area contributed by atoms with Crippen LogP contribution in [0.25, 0.3) is 0 Å². The van der Waals surface area contributed by atoms with E-state index in [1.807, 2.05) is 13.8 Å². The normalized spacial score (nSPS) is 11.5. The van der Waals surface area contributed by atoms with Crippen LogP contribution in [0, 0.1) is 11.3 Å². The zero-order valence-electron chi connectivity index (χ0n) is 12.3. The SMILES string of the molecule is CCOC(=O)C(C(=O)OCC)C(C)(C)CCCCCl. The molecule has 112 valence electrons. The van der Waals surface area contributed by atoms with Gasteiger partial charge >= 0.3 is 11.9 Å². The Labute approximate surface area is 120 Å². The number of esters is 2. The van der Waals surface area contributed by atoms with Crippen LogP contribution in [-0.2, 0) is 19.1 Å². The van der Waals surface area contributed by atoms with Crippen LogP contribution in [0.15, 0.2) is 0 Å². The van der Waals surface area contributed by atoms with Crippen molar-refractivity contribution in [1.82, 2.24) is 0 Å². The van der Waals surface area contributed by atoms with E-state index in [9.17, 15) is 9.59 Å². The summed E-state index contributed by atoms with van der Waals surface area (Å²) in [7, 11) is 0. The number of carbonyl (C=O) groups is 2. The Hall–Kier alpha value is -0.770. The molecule has 0 bridgehead atoms. The summed E-state index contributed by atoms with van der Waals surface area (Å²) < 4.78 is 10.00. The van der Waals surface area contributed by atoms with Crippen molar-refractivity contribution in [3.05, 3.63) is 0 Å². The van der Waals surface area contributed by atoms with Crippen molar-refractivity contribution < 1.29 is 19.1 Å². The molecule has 19 heavy (non-hydrogen) atoms. The van der Waals surface area contributed by atoms with E-state index in [1.165, 1.54) is 0 Å². The second-order valence-corrected chi connectivity index (χ2v) is 5.45. The summed E-state index contributed by atoms with van der Waals surface area (Å²) in [6.07, 6.45) is 2.46. The Balaban J connectivity index is 4.88. The van der Waals surface area contributed by atoms with Gasteiger partial charge in [-0.3, -0.25) is 9.59 Å². The van der Waals surface area contributed by atoms with Crippen molar-refractivity contribution in [2.24, 2.45) is 11.3 Å². The second-order valence-electron chi connectivity index (χ2n) is 5.07. The van der Waals surface area contributed by atoms with Crippen molar-refractivity contribution >= 4 is 23.5 Å². The summed E-state index contributed by atoms with van der Waals surface area (Å²) in [4.78, 5) is 24.0. The van der Waals surface area contributed by atoms with Crippen LogP contribution in [0.4, 0.5) is 0 Å². The lowest BCUT2D eigenvalue weighted by Crippen LogP contribution is -2.39. The Morgan fingerprint density at radius 2 is 1.53 bits per heavy atom. The van der Waals surface area contributed by atoms with Gasteiger partial charge in [-0.15, -0.1) is 11.6 Å². The highest BCUT2D eigenvalue weighted by molar-refractivity contribution is 6.17. The lowest BCUT2D eigenvalue weighted by molar-refractivity contribution is -0.167. The molecule has 0 aromatic rings. The summed E-state index contributed by atoms with van der Waals surface area (Å²) in [5.74, 6) is -1.30. The lowest BCUT2D eigenvalue weighted by Gasteiger charge is -2.31. The molecule has 0 heterocycles. The first-order valence-corrected chi connectivity index (χ1v) is 7.33. The Kier molecular flexibility index (Phi) is 8.81. The highest BCUT2D eigenvalue weighted by atomic mass is 35.5. The maximum Gasteiger partial charge on any atom is 0.320 e. The maximum atomic E-state index is 12.0. The Morgan fingerprint density at radius 1 is 1.05 bits per heavy atom. The van der Waals surface area contributed by atoms with Gasteiger partial charge in [0.15, 0.2) is 5.92 Å². The van der Waals surface area contributed by atoms with E-state index in [0.717, 1.165) is 19.3 Å². The third kappa shape index (κ3) is 6.28. The molecule has 0 saturated heterocycles. The highest BCUT2D eigenvalue weighted by Crippen LogP contribution is 2.34. The molecular weight excluding hydrogens is 268 g/mol. The van der Waals surface area contributed by atoms with Gasteiger partial charge in [0, 0.05) is 5.88 Å². The van der Waals surface area contributed by atoms with E-state index < -0.39 is 23.3 Å². The topological polar surface area (TPSA) is 52.6 Å². The minimum absolute atomic E-state index is 0.256. The fourth-order valence-corrected chi connectivity index (χ4v) is 2.19. The predicted molar refractivity (Wildman–Crippen MR) is 75.1 cm³/mol. The van der Waals surface area contributed by atoms with Crippen LogP contribution < -0.4 is 0 Å². The average molecular weight is 293 g/mol. The van der Waals surface area contributed by atoms with E-state index in [-0.39, 0.29) is 13.2 Å². The molecule has 0 aliphatic carbocycles. The second kappa shape index (κ2) is 9.18. The predicted octanol–water partition coefficient (Wildman–Crippen LogP) is 3.16. The molecule has 0 aliphatic heterocycles. The van der Waals surface area contributed by atoms with Crippen LogP contribution in [-0.4, -0.2) is 31.0 Å². The maximum absolute atomic E-state index is 12.0. The molecule has 0 fully saturated rings. The number of carbonyl (C=O) groups excluding carboxylic acids is 2. The van der Waals surface area contributed by atoms with E-state index >= 15 is 0 Å². The number of ether oxygens (including phenoxy) is 2. The van der Waals surface area contributed by atoms with Gasteiger partial charge in [-0.2, -0.15) is 0 Å². The van der Waals surface area contributed by atoms with Gasteiger partial charge in [0.25, 0.3) is 0 Å². The summed E-state index contributed by atoms with van der Waals surface area (Å²) in [5.41, 5.74) is -0.495. The van der Waals surface area contributed by atoms with Gasteiger partial charge in [0.1, 0.15) is 0 Å². The number of hydrogen-bond acceptors (Lipinski definition) is 4. The first kappa shape index (κ1) is 18.2. The number of alkyl halides is 1. The van der Waals surface area contributed by atoms with Gasteiger partial charge in [0.2, 0.25) is 0 Å². The first-order chi connectivity index (χ1) is 8.90. The Morgan fingerprint density at radius 3 is 1.89 bits per heavy atom. The van der Waals surface area contributed by atoms with Gasteiger partial charge in [-0.1, -0.05) is 20.3 Å². The molecule has 0 aliphatic rings. The third-order valence-corrected chi connectivity index (χ3v) is 3.30. The molecule has 0 N–H and O–H groups in total. The molecule has 4 nitrogen and oxygen atoms in total. The quantitative estimate of drug-likeness (QED) is 0.283. The van der Waals surface area contributed by atoms with Gasteiger partial charge in [-0.25, -0.2) is 0 Å². The minimum atomic E-state index is -0.872. The Bertz CT molecular complexity index is 271. The van der Waals surface area contributed by atoms with E-state index in [1.54, 1.807) is 13.8 Å². The molecule has 0 atom stereocenters. The van der Waals surface area contributed by atoms with Gasteiger partial charge in [0.05, 0.1) is 13.2 Å². The summed E-state index contributed by atoms with van der Waals surface area (Å²) in [6.45, 7) is 7.74. The van der Waals surface area contributed by atoms with Crippen LogP contribution in [0.5, 0.6) is 0 Å². The van der Waals surface area contributed by atoms with Crippen LogP contribution in [0.3, 0.4) is 0 Å². The fourth-order valence-electron chi connectivity index (χ4n) is 2.00. The molecule has 0 radical (unpaired) electrons. The molecule has 0 amide bonds. The molecule has 0 aromatic carbocycles. The van der Waals surface area contributed by atoms with Crippen LogP contribution in [0.1, 0.15) is 47.0 Å². The summed E-state index contributed by atoms with van der Waals surface area (Å²) in [6, 6.07) is 0. The molecule has 0 spiro atoms. The smallest absolute Gasteiger partial charge is 0.320 e. The zero-order valence-corrected chi connectivity index (χ0v) is 13.1. The average Bonchev–Trinajstić information content (AvgIpc) is 2.29. The molecule has 0 unspecified atom stereocenters. The largest absolute Gasteiger partial charge is 0.465 e. The molecular formula is C14H25ClO4. The number of halogens is 1. The van der Waals surface area contributed by atoms with Crippen molar-refractivity contribution in [2.45, 2.75) is 47.0 Å². The van der Waals surface area contributed by atoms with E-state index in [0.29, 0.717) is 5.88 Å². The van der Waals surface area contributed by atoms with Crippen molar-refractivity contribution in [2.75, 3.05) is 19.1 Å². The molecule has 5 heteroatoms. The number of unbranched alkanes of at least 4 members (excludes halogenated alkanes) is 1. The summed E-state index contributed by atoms with van der Waals surface area (Å²) >= 11 is 5.65. The fraction of sp³-hybridized carbons (Fsp3) is 0.857. The van der Waals surface area contributed by atoms with Gasteiger partial charge < -0.3 is 9.47 Å². The monoisotopic (exact) mass is 292 g/mol. The minimum Gasteiger partial charge on any atom is -0.465 e. The van der Waals surface area contributed by atoms with Crippen LogP contribution in [0.2, 0.25) is 0 Å². The molecule has 0 rings (SSSR count).